The molecule has 0 bridgehead atoms. The van der Waals surface area contributed by atoms with Gasteiger partial charge in [-0.05, 0) is 13.3 Å². The lowest BCUT2D eigenvalue weighted by molar-refractivity contribution is 0.254. The quantitative estimate of drug-likeness (QED) is 0.820. The van der Waals surface area contributed by atoms with Gasteiger partial charge in [-0.1, -0.05) is 6.92 Å². The van der Waals surface area contributed by atoms with Crippen LogP contribution >= 0.6 is 0 Å². The summed E-state index contributed by atoms with van der Waals surface area (Å²) in [4.78, 5) is 11.1. The van der Waals surface area contributed by atoms with Crippen molar-refractivity contribution in [2.24, 2.45) is 0 Å². The average Bonchev–Trinajstić information content (AvgIpc) is 2.21. The molecule has 0 spiro atoms. The topological polar surface area (TPSA) is 59.7 Å². The third-order valence-corrected chi connectivity index (χ3v) is 2.49. The molecule has 4 nitrogen and oxygen atoms in total. The number of rotatable bonds is 4. The number of hydrogen-bond acceptors (Lipinski definition) is 4. The van der Waals surface area contributed by atoms with Gasteiger partial charge in [-0.25, -0.2) is 4.79 Å². The summed E-state index contributed by atoms with van der Waals surface area (Å²) < 4.78 is 10.1. The van der Waals surface area contributed by atoms with Crippen molar-refractivity contribution in [3.05, 3.63) is 27.8 Å². The van der Waals surface area contributed by atoms with E-state index in [1.54, 1.807) is 6.92 Å². The van der Waals surface area contributed by atoms with E-state index < -0.39 is 5.63 Å². The first-order chi connectivity index (χ1) is 7.13. The van der Waals surface area contributed by atoms with Crippen LogP contribution in [0.25, 0.3) is 0 Å². The molecule has 1 aromatic rings. The molecule has 84 valence electrons. The van der Waals surface area contributed by atoms with E-state index in [0.29, 0.717) is 11.5 Å². The molecule has 0 amide bonds. The van der Waals surface area contributed by atoms with Gasteiger partial charge >= 0.3 is 5.63 Å². The molecule has 1 unspecified atom stereocenters. The van der Waals surface area contributed by atoms with Crippen molar-refractivity contribution >= 4 is 0 Å². The van der Waals surface area contributed by atoms with Crippen LogP contribution in [0, 0.1) is 6.92 Å². The Morgan fingerprint density at radius 3 is 2.73 bits per heavy atom. The number of hydrogen-bond donors (Lipinski definition) is 1. The van der Waals surface area contributed by atoms with E-state index in [9.17, 15) is 9.90 Å². The molecule has 1 heterocycles. The van der Waals surface area contributed by atoms with Crippen LogP contribution in [0.3, 0.4) is 0 Å². The zero-order valence-corrected chi connectivity index (χ0v) is 9.24. The largest absolute Gasteiger partial charge is 0.496 e. The Bertz CT molecular complexity index is 377. The number of methoxy groups -OCH3 is 1. The molecule has 1 N–H and O–H groups in total. The predicted octanol–water partition coefficient (Wildman–Crippen LogP) is 1.44. The summed E-state index contributed by atoms with van der Waals surface area (Å²) in [5.41, 5.74) is 0.350. The van der Waals surface area contributed by atoms with E-state index in [0.717, 1.165) is 12.0 Å². The third-order valence-electron chi connectivity index (χ3n) is 2.49. The third kappa shape index (κ3) is 2.39. The Morgan fingerprint density at radius 1 is 1.60 bits per heavy atom. The van der Waals surface area contributed by atoms with Crippen molar-refractivity contribution in [2.75, 3.05) is 13.7 Å². The smallest absolute Gasteiger partial charge is 0.339 e. The van der Waals surface area contributed by atoms with E-state index in [-0.39, 0.29) is 12.5 Å². The van der Waals surface area contributed by atoms with Gasteiger partial charge < -0.3 is 14.3 Å². The molecule has 15 heavy (non-hydrogen) atoms. The van der Waals surface area contributed by atoms with Crippen molar-refractivity contribution in [1.82, 2.24) is 0 Å². The van der Waals surface area contributed by atoms with Gasteiger partial charge in [0.25, 0.3) is 0 Å². The molecular weight excluding hydrogens is 196 g/mol. The van der Waals surface area contributed by atoms with Crippen molar-refractivity contribution in [3.8, 4) is 5.75 Å². The molecule has 1 rings (SSSR count). The summed E-state index contributed by atoms with van der Waals surface area (Å²) in [7, 11) is 1.50. The first kappa shape index (κ1) is 11.8. The Labute approximate surface area is 88.5 Å². The highest BCUT2D eigenvalue weighted by Crippen LogP contribution is 2.30. The lowest BCUT2D eigenvalue weighted by Crippen LogP contribution is -2.11. The second-order valence-corrected chi connectivity index (χ2v) is 3.39. The fourth-order valence-corrected chi connectivity index (χ4v) is 1.68. The molecule has 4 heteroatoms. The fourth-order valence-electron chi connectivity index (χ4n) is 1.68. The predicted molar refractivity (Wildman–Crippen MR) is 56.4 cm³/mol. The summed E-state index contributed by atoms with van der Waals surface area (Å²) in [5.74, 6) is 0.953. The van der Waals surface area contributed by atoms with Crippen LogP contribution in [0.4, 0.5) is 0 Å². The lowest BCUT2D eigenvalue weighted by Gasteiger charge is -2.16. The van der Waals surface area contributed by atoms with Gasteiger partial charge in [-0.2, -0.15) is 0 Å². The number of aliphatic hydroxyl groups excluding tert-OH is 1. The van der Waals surface area contributed by atoms with Gasteiger partial charge in [0.15, 0.2) is 0 Å². The average molecular weight is 212 g/mol. The van der Waals surface area contributed by atoms with Gasteiger partial charge in [0.2, 0.25) is 0 Å². The van der Waals surface area contributed by atoms with E-state index in [1.807, 2.05) is 6.92 Å². The van der Waals surface area contributed by atoms with Crippen molar-refractivity contribution in [2.45, 2.75) is 26.2 Å². The maximum Gasteiger partial charge on any atom is 0.339 e. The SMILES string of the molecule is CCC(CO)c1c(OC)cc(=O)oc1C. The zero-order chi connectivity index (χ0) is 11.4. The monoisotopic (exact) mass is 212 g/mol. The van der Waals surface area contributed by atoms with Crippen molar-refractivity contribution < 1.29 is 14.3 Å². The summed E-state index contributed by atoms with van der Waals surface area (Å²) in [6.07, 6.45) is 0.765. The van der Waals surface area contributed by atoms with Gasteiger partial charge in [0.1, 0.15) is 11.5 Å². The molecule has 0 radical (unpaired) electrons. The molecule has 0 aliphatic heterocycles. The second-order valence-electron chi connectivity index (χ2n) is 3.39. The maximum absolute atomic E-state index is 11.1. The van der Waals surface area contributed by atoms with Crippen LogP contribution < -0.4 is 10.4 Å². The Morgan fingerprint density at radius 2 is 2.27 bits per heavy atom. The minimum absolute atomic E-state index is 0.0153. The first-order valence-electron chi connectivity index (χ1n) is 4.93. The van der Waals surface area contributed by atoms with Crippen LogP contribution in [0.15, 0.2) is 15.3 Å². The summed E-state index contributed by atoms with van der Waals surface area (Å²) >= 11 is 0. The minimum atomic E-state index is -0.430. The molecule has 1 atom stereocenters. The molecule has 0 aliphatic rings. The fraction of sp³-hybridized carbons (Fsp3) is 0.545. The van der Waals surface area contributed by atoms with Crippen molar-refractivity contribution in [3.63, 3.8) is 0 Å². The van der Waals surface area contributed by atoms with Gasteiger partial charge in [0, 0.05) is 11.5 Å². The van der Waals surface area contributed by atoms with Crippen LogP contribution in [0.5, 0.6) is 5.75 Å². The molecule has 0 fully saturated rings. The summed E-state index contributed by atoms with van der Waals surface area (Å²) in [5, 5.41) is 9.22. The van der Waals surface area contributed by atoms with Crippen LogP contribution in [-0.2, 0) is 0 Å². The van der Waals surface area contributed by atoms with Crippen LogP contribution in [-0.4, -0.2) is 18.8 Å². The molecule has 1 aromatic heterocycles. The van der Waals surface area contributed by atoms with Crippen molar-refractivity contribution in [1.29, 1.82) is 0 Å². The van der Waals surface area contributed by atoms with E-state index in [1.165, 1.54) is 13.2 Å². The number of aryl methyl sites for hydroxylation is 1. The normalized spacial score (nSPS) is 12.5. The van der Waals surface area contributed by atoms with Gasteiger partial charge in [-0.15, -0.1) is 0 Å². The second kappa shape index (κ2) is 4.98. The molecule has 0 saturated heterocycles. The number of ether oxygens (including phenoxy) is 1. The van der Waals surface area contributed by atoms with Crippen LogP contribution in [0.1, 0.15) is 30.6 Å². The molecule has 0 saturated carbocycles. The highest BCUT2D eigenvalue weighted by atomic mass is 16.5. The Kier molecular flexibility index (Phi) is 3.91. The Balaban J connectivity index is 3.31. The molecule has 0 aromatic carbocycles. The highest BCUT2D eigenvalue weighted by molar-refractivity contribution is 5.36. The summed E-state index contributed by atoms with van der Waals surface area (Å²) in [6.45, 7) is 3.68. The molecular formula is C11H16O4. The highest BCUT2D eigenvalue weighted by Gasteiger charge is 2.18. The van der Waals surface area contributed by atoms with E-state index in [4.69, 9.17) is 9.15 Å². The minimum Gasteiger partial charge on any atom is -0.496 e. The Hall–Kier alpha value is -1.29. The first-order valence-corrected chi connectivity index (χ1v) is 4.93. The molecule has 0 aliphatic carbocycles. The number of aliphatic hydroxyl groups is 1. The standard InChI is InChI=1S/C11H16O4/c1-4-8(6-12)11-7(2)15-10(13)5-9(11)14-3/h5,8,12H,4,6H2,1-3H3. The maximum atomic E-state index is 11.1. The summed E-state index contributed by atoms with van der Waals surface area (Å²) in [6, 6.07) is 1.31. The van der Waals surface area contributed by atoms with E-state index >= 15 is 0 Å². The van der Waals surface area contributed by atoms with Gasteiger partial charge in [0.05, 0.1) is 19.8 Å². The van der Waals surface area contributed by atoms with Crippen LogP contribution in [0.2, 0.25) is 0 Å². The van der Waals surface area contributed by atoms with Gasteiger partial charge in [-0.3, -0.25) is 0 Å². The lowest BCUT2D eigenvalue weighted by atomic mass is 9.96. The zero-order valence-electron chi connectivity index (χ0n) is 9.24. The van der Waals surface area contributed by atoms with E-state index in [2.05, 4.69) is 0 Å².